The number of ether oxygens (including phenoxy) is 1. The minimum Gasteiger partial charge on any atom is -0.494 e. The van der Waals surface area contributed by atoms with Crippen LogP contribution in [0.5, 0.6) is 5.75 Å². The predicted molar refractivity (Wildman–Crippen MR) is 77.9 cm³/mol. The molecule has 0 unspecified atom stereocenters. The van der Waals surface area contributed by atoms with Gasteiger partial charge in [-0.15, -0.1) is 0 Å². The van der Waals surface area contributed by atoms with E-state index in [4.69, 9.17) is 4.74 Å². The summed E-state index contributed by atoms with van der Waals surface area (Å²) in [4.78, 5) is 12.1. The van der Waals surface area contributed by atoms with Crippen molar-refractivity contribution in [2.24, 2.45) is 5.92 Å². The van der Waals surface area contributed by atoms with Crippen LogP contribution in [0, 0.1) is 18.7 Å². The molecule has 1 fully saturated rings. The summed E-state index contributed by atoms with van der Waals surface area (Å²) in [6.07, 6.45) is 2.29. The van der Waals surface area contributed by atoms with Crippen LogP contribution in [0.3, 0.4) is 0 Å². The van der Waals surface area contributed by atoms with Gasteiger partial charge in [-0.05, 0) is 49.9 Å². The molecule has 0 bridgehead atoms. The number of nitrogens with zero attached hydrogens (tertiary/aromatic N) is 2. The van der Waals surface area contributed by atoms with Gasteiger partial charge in [0.25, 0.3) is 5.56 Å². The Morgan fingerprint density at radius 2 is 2.14 bits per heavy atom. The Hall–Kier alpha value is -2.17. The molecule has 1 saturated carbocycles. The van der Waals surface area contributed by atoms with Crippen molar-refractivity contribution in [3.63, 3.8) is 0 Å². The molecule has 110 valence electrons. The lowest BCUT2D eigenvalue weighted by Gasteiger charge is -2.09. The van der Waals surface area contributed by atoms with Crippen molar-refractivity contribution < 1.29 is 9.13 Å². The second-order valence-electron chi connectivity index (χ2n) is 5.49. The lowest BCUT2D eigenvalue weighted by Crippen LogP contribution is -2.26. The smallest absolute Gasteiger partial charge is 0.269 e. The van der Waals surface area contributed by atoms with Crippen molar-refractivity contribution in [1.82, 2.24) is 9.78 Å². The number of hydrogen-bond acceptors (Lipinski definition) is 3. The minimum absolute atomic E-state index is 0.0698. The topological polar surface area (TPSA) is 44.1 Å². The molecule has 0 radical (unpaired) electrons. The van der Waals surface area contributed by atoms with Gasteiger partial charge in [0.15, 0.2) is 11.6 Å². The van der Waals surface area contributed by atoms with Gasteiger partial charge in [0.2, 0.25) is 0 Å². The van der Waals surface area contributed by atoms with Crippen LogP contribution in [-0.2, 0) is 6.54 Å². The van der Waals surface area contributed by atoms with E-state index in [0.717, 1.165) is 12.8 Å². The standard InChI is InChI=1S/C16H17FN2O2/c1-10-7-14(12-5-6-15(21-2)13(17)8-12)18-19(16(10)20)9-11-3-4-11/h5-8,11H,3-4,9H2,1-2H3. The van der Waals surface area contributed by atoms with Gasteiger partial charge in [-0.3, -0.25) is 4.79 Å². The molecule has 3 rings (SSSR count). The van der Waals surface area contributed by atoms with Gasteiger partial charge in [0, 0.05) is 17.7 Å². The third-order valence-electron chi connectivity index (χ3n) is 3.73. The minimum atomic E-state index is -0.436. The molecule has 1 heterocycles. The highest BCUT2D eigenvalue weighted by atomic mass is 19.1. The highest BCUT2D eigenvalue weighted by molar-refractivity contribution is 5.60. The molecule has 0 amide bonds. The molecule has 0 saturated heterocycles. The zero-order valence-electron chi connectivity index (χ0n) is 12.1. The molecule has 5 heteroatoms. The zero-order chi connectivity index (χ0) is 15.0. The van der Waals surface area contributed by atoms with Crippen molar-refractivity contribution in [2.45, 2.75) is 26.3 Å². The molecule has 1 aromatic heterocycles. The third-order valence-corrected chi connectivity index (χ3v) is 3.73. The number of aryl methyl sites for hydroxylation is 1. The summed E-state index contributed by atoms with van der Waals surface area (Å²) >= 11 is 0. The second kappa shape index (κ2) is 5.31. The molecule has 21 heavy (non-hydrogen) atoms. The van der Waals surface area contributed by atoms with Crippen LogP contribution in [0.25, 0.3) is 11.3 Å². The number of benzene rings is 1. The maximum absolute atomic E-state index is 13.8. The summed E-state index contributed by atoms with van der Waals surface area (Å²) in [5.41, 5.74) is 1.80. The van der Waals surface area contributed by atoms with Crippen LogP contribution in [0.15, 0.2) is 29.1 Å². The lowest BCUT2D eigenvalue weighted by atomic mass is 10.1. The molecular weight excluding hydrogens is 271 g/mol. The molecule has 2 aromatic rings. The molecule has 0 N–H and O–H groups in total. The Balaban J connectivity index is 2.03. The Morgan fingerprint density at radius 1 is 1.38 bits per heavy atom. The fourth-order valence-corrected chi connectivity index (χ4v) is 2.31. The molecule has 1 aliphatic rings. The van der Waals surface area contributed by atoms with Gasteiger partial charge in [0.1, 0.15) is 0 Å². The summed E-state index contributed by atoms with van der Waals surface area (Å²) < 4.78 is 20.2. The summed E-state index contributed by atoms with van der Waals surface area (Å²) in [5, 5.41) is 4.38. The first-order valence-corrected chi connectivity index (χ1v) is 7.01. The number of aromatic nitrogens is 2. The lowest BCUT2D eigenvalue weighted by molar-refractivity contribution is 0.386. The highest BCUT2D eigenvalue weighted by Crippen LogP contribution is 2.30. The van der Waals surface area contributed by atoms with Crippen LogP contribution >= 0.6 is 0 Å². The average molecular weight is 288 g/mol. The highest BCUT2D eigenvalue weighted by Gasteiger charge is 2.23. The van der Waals surface area contributed by atoms with Gasteiger partial charge in [0.05, 0.1) is 12.8 Å². The van der Waals surface area contributed by atoms with Gasteiger partial charge in [-0.2, -0.15) is 5.10 Å². The SMILES string of the molecule is COc1ccc(-c2cc(C)c(=O)n(CC3CC3)n2)cc1F. The van der Waals surface area contributed by atoms with Crippen LogP contribution in [0.1, 0.15) is 18.4 Å². The van der Waals surface area contributed by atoms with Gasteiger partial charge in [-0.25, -0.2) is 9.07 Å². The van der Waals surface area contributed by atoms with Crippen molar-refractivity contribution in [1.29, 1.82) is 0 Å². The first kappa shape index (κ1) is 13.8. The van der Waals surface area contributed by atoms with Gasteiger partial charge >= 0.3 is 0 Å². The molecule has 1 aliphatic carbocycles. The molecule has 4 nitrogen and oxygen atoms in total. The summed E-state index contributed by atoms with van der Waals surface area (Å²) in [6, 6.07) is 6.40. The number of methoxy groups -OCH3 is 1. The third kappa shape index (κ3) is 2.82. The van der Waals surface area contributed by atoms with E-state index < -0.39 is 5.82 Å². The first-order chi connectivity index (χ1) is 10.1. The van der Waals surface area contributed by atoms with E-state index in [2.05, 4.69) is 5.10 Å². The summed E-state index contributed by atoms with van der Waals surface area (Å²) in [5.74, 6) is 0.314. The predicted octanol–water partition coefficient (Wildman–Crippen LogP) is 2.78. The van der Waals surface area contributed by atoms with E-state index in [1.54, 1.807) is 25.1 Å². The monoisotopic (exact) mass is 288 g/mol. The quantitative estimate of drug-likeness (QED) is 0.869. The van der Waals surface area contributed by atoms with E-state index in [-0.39, 0.29) is 11.3 Å². The Kier molecular flexibility index (Phi) is 3.49. The van der Waals surface area contributed by atoms with E-state index >= 15 is 0 Å². The second-order valence-corrected chi connectivity index (χ2v) is 5.49. The Labute approximate surface area is 122 Å². The maximum Gasteiger partial charge on any atom is 0.269 e. The van der Waals surface area contributed by atoms with E-state index in [1.807, 2.05) is 0 Å². The summed E-state index contributed by atoms with van der Waals surface area (Å²) in [6.45, 7) is 2.41. The van der Waals surface area contributed by atoms with Crippen molar-refractivity contribution >= 4 is 0 Å². The normalized spacial score (nSPS) is 14.2. The fourth-order valence-electron chi connectivity index (χ4n) is 2.31. The van der Waals surface area contributed by atoms with Crippen LogP contribution in [-0.4, -0.2) is 16.9 Å². The molecule has 0 aliphatic heterocycles. The largest absolute Gasteiger partial charge is 0.494 e. The zero-order valence-corrected chi connectivity index (χ0v) is 12.1. The maximum atomic E-state index is 13.8. The average Bonchev–Trinajstić information content (AvgIpc) is 3.27. The number of hydrogen-bond donors (Lipinski definition) is 0. The van der Waals surface area contributed by atoms with Crippen molar-refractivity contribution in [3.05, 3.63) is 46.0 Å². The first-order valence-electron chi connectivity index (χ1n) is 7.01. The molecule has 0 spiro atoms. The molecule has 0 atom stereocenters. The Bertz CT molecular complexity index is 736. The van der Waals surface area contributed by atoms with Crippen molar-refractivity contribution in [2.75, 3.05) is 7.11 Å². The van der Waals surface area contributed by atoms with Crippen LogP contribution in [0.4, 0.5) is 4.39 Å². The number of halogens is 1. The number of rotatable bonds is 4. The van der Waals surface area contributed by atoms with Gasteiger partial charge in [-0.1, -0.05) is 0 Å². The molecular formula is C16H17FN2O2. The molecule has 1 aromatic carbocycles. The van der Waals surface area contributed by atoms with Gasteiger partial charge < -0.3 is 4.74 Å². The van der Waals surface area contributed by atoms with Crippen LogP contribution < -0.4 is 10.3 Å². The summed E-state index contributed by atoms with van der Waals surface area (Å²) in [7, 11) is 1.43. The van der Waals surface area contributed by atoms with E-state index in [1.165, 1.54) is 17.9 Å². The van der Waals surface area contributed by atoms with E-state index in [9.17, 15) is 9.18 Å². The Morgan fingerprint density at radius 3 is 2.76 bits per heavy atom. The van der Waals surface area contributed by atoms with Crippen molar-refractivity contribution in [3.8, 4) is 17.0 Å². The van der Waals surface area contributed by atoms with E-state index in [0.29, 0.717) is 29.3 Å². The fraction of sp³-hybridized carbons (Fsp3) is 0.375. The van der Waals surface area contributed by atoms with Crippen LogP contribution in [0.2, 0.25) is 0 Å².